The van der Waals surface area contributed by atoms with Crippen molar-refractivity contribution in [2.45, 2.75) is 56.9 Å². The van der Waals surface area contributed by atoms with Crippen LogP contribution in [0.25, 0.3) is 0 Å². The van der Waals surface area contributed by atoms with Gasteiger partial charge in [-0.2, -0.15) is 0 Å². The maximum Gasteiger partial charge on any atom is 0.225 e. The number of aryl methyl sites for hydroxylation is 2. The average Bonchev–Trinajstić information content (AvgIpc) is 3.37. The molecule has 1 saturated carbocycles. The summed E-state index contributed by atoms with van der Waals surface area (Å²) in [5.41, 5.74) is 9.37. The van der Waals surface area contributed by atoms with Crippen molar-refractivity contribution >= 4 is 5.91 Å². The highest BCUT2D eigenvalue weighted by molar-refractivity contribution is 5.79. The highest BCUT2D eigenvalue weighted by Gasteiger charge is 2.46. The molecule has 0 aromatic heterocycles. The SMILES string of the molecule is NC1(C2CCN(C(=O)C3CCc4ccccc4CC3)CC2)CC1. The first-order valence-corrected chi connectivity index (χ1v) is 9.30. The Balaban J connectivity index is 1.35. The van der Waals surface area contributed by atoms with Crippen LogP contribution in [0.1, 0.15) is 49.7 Å². The summed E-state index contributed by atoms with van der Waals surface area (Å²) >= 11 is 0. The quantitative estimate of drug-likeness (QED) is 0.854. The number of hydrogen-bond donors (Lipinski definition) is 1. The summed E-state index contributed by atoms with van der Waals surface area (Å²) in [7, 11) is 0. The molecular weight excluding hydrogens is 284 g/mol. The van der Waals surface area contributed by atoms with Crippen LogP contribution in [0.2, 0.25) is 0 Å². The number of carbonyl (C=O) groups is 1. The monoisotopic (exact) mass is 312 g/mol. The van der Waals surface area contributed by atoms with Crippen LogP contribution in [-0.4, -0.2) is 29.4 Å². The minimum Gasteiger partial charge on any atom is -0.342 e. The summed E-state index contributed by atoms with van der Waals surface area (Å²) in [5.74, 6) is 1.26. The van der Waals surface area contributed by atoms with Gasteiger partial charge in [0.2, 0.25) is 5.91 Å². The number of nitrogens with two attached hydrogens (primary N) is 1. The Morgan fingerprint density at radius 2 is 1.57 bits per heavy atom. The maximum absolute atomic E-state index is 12.9. The van der Waals surface area contributed by atoms with Crippen LogP contribution in [0, 0.1) is 11.8 Å². The number of piperidine rings is 1. The van der Waals surface area contributed by atoms with E-state index in [-0.39, 0.29) is 11.5 Å². The van der Waals surface area contributed by atoms with E-state index in [9.17, 15) is 4.79 Å². The van der Waals surface area contributed by atoms with Crippen molar-refractivity contribution < 1.29 is 4.79 Å². The van der Waals surface area contributed by atoms with Gasteiger partial charge in [0.1, 0.15) is 0 Å². The number of likely N-dealkylation sites (tertiary alicyclic amines) is 1. The van der Waals surface area contributed by atoms with Gasteiger partial charge in [-0.05, 0) is 68.4 Å². The van der Waals surface area contributed by atoms with Crippen molar-refractivity contribution in [1.82, 2.24) is 4.90 Å². The van der Waals surface area contributed by atoms with Crippen molar-refractivity contribution in [3.8, 4) is 0 Å². The number of nitrogens with zero attached hydrogens (tertiary/aromatic N) is 1. The Morgan fingerprint density at radius 3 is 2.09 bits per heavy atom. The van der Waals surface area contributed by atoms with Crippen LogP contribution in [0.3, 0.4) is 0 Å². The van der Waals surface area contributed by atoms with Crippen LogP contribution >= 0.6 is 0 Å². The van der Waals surface area contributed by atoms with Crippen molar-refractivity contribution in [3.05, 3.63) is 35.4 Å². The minimum atomic E-state index is 0.124. The topological polar surface area (TPSA) is 46.3 Å². The standard InChI is InChI=1S/C20H28N2O/c21-20(11-12-20)18-9-13-22(14-10-18)19(23)17-7-5-15-3-1-2-4-16(15)6-8-17/h1-4,17-18H,5-14,21H2. The van der Waals surface area contributed by atoms with Crippen LogP contribution in [0.4, 0.5) is 0 Å². The molecule has 0 bridgehead atoms. The van der Waals surface area contributed by atoms with E-state index in [0.717, 1.165) is 51.6 Å². The van der Waals surface area contributed by atoms with Crippen molar-refractivity contribution in [2.75, 3.05) is 13.1 Å². The first-order chi connectivity index (χ1) is 11.2. The molecule has 23 heavy (non-hydrogen) atoms. The van der Waals surface area contributed by atoms with Gasteiger partial charge in [-0.3, -0.25) is 4.79 Å². The van der Waals surface area contributed by atoms with E-state index in [0.29, 0.717) is 11.8 Å². The van der Waals surface area contributed by atoms with Gasteiger partial charge in [0, 0.05) is 24.5 Å². The molecule has 0 radical (unpaired) electrons. The summed E-state index contributed by atoms with van der Waals surface area (Å²) in [6, 6.07) is 8.69. The van der Waals surface area contributed by atoms with Crippen LogP contribution in [0.5, 0.6) is 0 Å². The number of rotatable bonds is 2. The van der Waals surface area contributed by atoms with Crippen LogP contribution < -0.4 is 5.73 Å². The predicted octanol–water partition coefficient (Wildman–Crippen LogP) is 2.91. The zero-order valence-electron chi connectivity index (χ0n) is 14.0. The van der Waals surface area contributed by atoms with Crippen molar-refractivity contribution in [3.63, 3.8) is 0 Å². The lowest BCUT2D eigenvalue weighted by Gasteiger charge is -2.36. The van der Waals surface area contributed by atoms with Crippen LogP contribution in [0.15, 0.2) is 24.3 Å². The Bertz CT molecular complexity index is 558. The fourth-order valence-corrected chi connectivity index (χ4v) is 4.58. The third-order valence-corrected chi connectivity index (χ3v) is 6.44. The number of fused-ring (bicyclic) bond motifs is 1. The minimum absolute atomic E-state index is 0.124. The number of hydrogen-bond acceptors (Lipinski definition) is 2. The molecule has 0 spiro atoms. The molecule has 1 aliphatic heterocycles. The van der Waals surface area contributed by atoms with Crippen molar-refractivity contribution in [1.29, 1.82) is 0 Å². The maximum atomic E-state index is 12.9. The summed E-state index contributed by atoms with van der Waals surface area (Å²) in [6.45, 7) is 1.85. The molecular formula is C20H28N2O. The van der Waals surface area contributed by atoms with E-state index >= 15 is 0 Å². The van der Waals surface area contributed by atoms with Gasteiger partial charge in [-0.1, -0.05) is 24.3 Å². The van der Waals surface area contributed by atoms with Crippen LogP contribution in [-0.2, 0) is 17.6 Å². The second-order valence-electron chi connectivity index (χ2n) is 7.88. The Kier molecular flexibility index (Phi) is 3.92. The fraction of sp³-hybridized carbons (Fsp3) is 0.650. The molecule has 3 aliphatic rings. The molecule has 1 heterocycles. The van der Waals surface area contributed by atoms with Gasteiger partial charge >= 0.3 is 0 Å². The molecule has 1 amide bonds. The molecule has 1 saturated heterocycles. The third-order valence-electron chi connectivity index (χ3n) is 6.44. The first-order valence-electron chi connectivity index (χ1n) is 9.30. The molecule has 3 nitrogen and oxygen atoms in total. The molecule has 3 heteroatoms. The Hall–Kier alpha value is -1.35. The molecule has 2 N–H and O–H groups in total. The second kappa shape index (κ2) is 5.94. The lowest BCUT2D eigenvalue weighted by molar-refractivity contribution is -0.137. The van der Waals surface area contributed by atoms with E-state index in [4.69, 9.17) is 5.73 Å². The molecule has 0 atom stereocenters. The van der Waals surface area contributed by atoms with Gasteiger partial charge in [-0.25, -0.2) is 0 Å². The van der Waals surface area contributed by atoms with E-state index in [2.05, 4.69) is 29.2 Å². The van der Waals surface area contributed by atoms with Gasteiger partial charge in [0.15, 0.2) is 0 Å². The van der Waals surface area contributed by atoms with Gasteiger partial charge in [0.25, 0.3) is 0 Å². The van der Waals surface area contributed by atoms with E-state index in [1.54, 1.807) is 0 Å². The molecule has 1 aromatic carbocycles. The lowest BCUT2D eigenvalue weighted by Crippen LogP contribution is -2.46. The van der Waals surface area contributed by atoms with Gasteiger partial charge in [-0.15, -0.1) is 0 Å². The van der Waals surface area contributed by atoms with E-state index in [1.165, 1.54) is 24.0 Å². The third kappa shape index (κ3) is 3.03. The molecule has 0 unspecified atom stereocenters. The van der Waals surface area contributed by atoms with E-state index in [1.807, 2.05) is 0 Å². The largest absolute Gasteiger partial charge is 0.342 e. The summed E-state index contributed by atoms with van der Waals surface area (Å²) in [4.78, 5) is 15.1. The smallest absolute Gasteiger partial charge is 0.225 e. The highest BCUT2D eigenvalue weighted by Crippen LogP contribution is 2.44. The van der Waals surface area contributed by atoms with Gasteiger partial charge < -0.3 is 10.6 Å². The fourth-order valence-electron chi connectivity index (χ4n) is 4.58. The summed E-state index contributed by atoms with van der Waals surface area (Å²) in [6.07, 6.45) is 8.71. The molecule has 4 rings (SSSR count). The zero-order chi connectivity index (χ0) is 15.9. The molecule has 2 fully saturated rings. The zero-order valence-corrected chi connectivity index (χ0v) is 14.0. The lowest BCUT2D eigenvalue weighted by atomic mass is 9.87. The molecule has 2 aliphatic carbocycles. The molecule has 1 aromatic rings. The summed E-state index contributed by atoms with van der Waals surface area (Å²) < 4.78 is 0. The average molecular weight is 312 g/mol. The Labute approximate surface area is 139 Å². The Morgan fingerprint density at radius 1 is 1.00 bits per heavy atom. The number of benzene rings is 1. The highest BCUT2D eigenvalue weighted by atomic mass is 16.2. The number of carbonyl (C=O) groups excluding carboxylic acids is 1. The number of amides is 1. The predicted molar refractivity (Wildman–Crippen MR) is 92.0 cm³/mol. The normalized spacial score (nSPS) is 24.8. The molecule has 124 valence electrons. The second-order valence-corrected chi connectivity index (χ2v) is 7.88. The van der Waals surface area contributed by atoms with E-state index < -0.39 is 0 Å². The van der Waals surface area contributed by atoms with Crippen molar-refractivity contribution in [2.24, 2.45) is 17.6 Å². The first kappa shape index (κ1) is 15.2. The van der Waals surface area contributed by atoms with Gasteiger partial charge in [0.05, 0.1) is 0 Å². The summed E-state index contributed by atoms with van der Waals surface area (Å²) in [5, 5.41) is 0.